The van der Waals surface area contributed by atoms with Gasteiger partial charge in [0.2, 0.25) is 0 Å². The summed E-state index contributed by atoms with van der Waals surface area (Å²) >= 11 is 0. The highest BCUT2D eigenvalue weighted by Crippen LogP contribution is 2.28. The first-order chi connectivity index (χ1) is 9.68. The lowest BCUT2D eigenvalue weighted by Gasteiger charge is -2.31. The molecule has 0 atom stereocenters. The van der Waals surface area contributed by atoms with E-state index in [4.69, 9.17) is 5.73 Å². The van der Waals surface area contributed by atoms with Gasteiger partial charge in [0.25, 0.3) is 5.91 Å². The van der Waals surface area contributed by atoms with E-state index in [0.717, 1.165) is 36.2 Å². The maximum absolute atomic E-state index is 12.4. The Kier molecular flexibility index (Phi) is 3.14. The molecule has 0 saturated carbocycles. The number of pyridine rings is 1. The number of aromatic nitrogens is 1. The summed E-state index contributed by atoms with van der Waals surface area (Å²) in [6.07, 6.45) is 4.00. The molecule has 1 fully saturated rings. The van der Waals surface area contributed by atoms with Crippen molar-refractivity contribution in [2.75, 3.05) is 18.8 Å². The zero-order valence-electron chi connectivity index (χ0n) is 11.4. The van der Waals surface area contributed by atoms with Crippen LogP contribution in [0, 0.1) is 13.1 Å². The third kappa shape index (κ3) is 2.03. The molecule has 1 saturated heterocycles. The van der Waals surface area contributed by atoms with Crippen LogP contribution in [0.3, 0.4) is 0 Å². The smallest absolute Gasteiger partial charge is 0.257 e. The number of anilines is 1. The van der Waals surface area contributed by atoms with Gasteiger partial charge in [-0.15, -0.1) is 0 Å². The minimum Gasteiger partial charge on any atom is -0.383 e. The fourth-order valence-electron chi connectivity index (χ4n) is 2.41. The number of benzene rings is 1. The van der Waals surface area contributed by atoms with Crippen LogP contribution >= 0.6 is 0 Å². The number of likely N-dealkylation sites (tertiary alicyclic amines) is 1. The summed E-state index contributed by atoms with van der Waals surface area (Å²) in [7, 11) is 0. The Bertz CT molecular complexity index is 648. The predicted octanol–water partition coefficient (Wildman–Crippen LogP) is 2.29. The molecule has 0 bridgehead atoms. The normalized spacial score (nSPS) is 13.9. The Morgan fingerprint density at radius 3 is 2.60 bits per heavy atom. The van der Waals surface area contributed by atoms with Gasteiger partial charge in [0.15, 0.2) is 0 Å². The summed E-state index contributed by atoms with van der Waals surface area (Å²) in [5.41, 5.74) is 9.09. The standard InChI is InChI=1S/C16H16N3O/c1-11-13(12-6-3-2-4-7-12)10-18-15(17)14(11)16(20)19-8-5-9-19/h2-4,6-7H,5,8-9H2,1H3,(H2,17,18). The molecule has 1 radical (unpaired) electrons. The number of amides is 1. The number of hydrogen-bond acceptors (Lipinski definition) is 3. The number of carbonyl (C=O) groups excluding carboxylic acids is 1. The average Bonchev–Trinajstić information content (AvgIpc) is 2.38. The van der Waals surface area contributed by atoms with Crippen molar-refractivity contribution in [2.24, 2.45) is 0 Å². The topological polar surface area (TPSA) is 59.2 Å². The zero-order valence-corrected chi connectivity index (χ0v) is 11.4. The van der Waals surface area contributed by atoms with Gasteiger partial charge in [0.05, 0.1) is 11.8 Å². The molecule has 2 N–H and O–H groups in total. The SMILES string of the molecule is Cc1c(-c2ccccc2)[c]nc(N)c1C(=O)N1CCC1. The summed E-state index contributed by atoms with van der Waals surface area (Å²) < 4.78 is 0. The second kappa shape index (κ2) is 4.96. The molecule has 0 unspecified atom stereocenters. The van der Waals surface area contributed by atoms with Crippen LogP contribution in [-0.4, -0.2) is 28.9 Å². The Morgan fingerprint density at radius 2 is 2.00 bits per heavy atom. The minimum atomic E-state index is -0.0232. The van der Waals surface area contributed by atoms with Crippen LogP contribution in [0.2, 0.25) is 0 Å². The molecular formula is C16H16N3O. The summed E-state index contributed by atoms with van der Waals surface area (Å²) in [6, 6.07) is 9.82. The Morgan fingerprint density at radius 1 is 1.30 bits per heavy atom. The van der Waals surface area contributed by atoms with Gasteiger partial charge < -0.3 is 10.6 Å². The quantitative estimate of drug-likeness (QED) is 0.907. The molecule has 1 aromatic heterocycles. The number of carbonyl (C=O) groups is 1. The third-order valence-electron chi connectivity index (χ3n) is 3.71. The van der Waals surface area contributed by atoms with Gasteiger partial charge in [-0.05, 0) is 24.5 Å². The van der Waals surface area contributed by atoms with Crippen molar-refractivity contribution in [1.82, 2.24) is 9.88 Å². The van der Waals surface area contributed by atoms with E-state index in [1.807, 2.05) is 37.3 Å². The number of nitrogens with two attached hydrogens (primary N) is 1. The third-order valence-corrected chi connectivity index (χ3v) is 3.71. The molecule has 20 heavy (non-hydrogen) atoms. The van der Waals surface area contributed by atoms with Gasteiger partial charge in [0, 0.05) is 18.7 Å². The van der Waals surface area contributed by atoms with E-state index in [0.29, 0.717) is 5.56 Å². The second-order valence-electron chi connectivity index (χ2n) is 5.00. The molecule has 101 valence electrons. The van der Waals surface area contributed by atoms with Crippen LogP contribution in [0.15, 0.2) is 30.3 Å². The van der Waals surface area contributed by atoms with Crippen molar-refractivity contribution in [3.8, 4) is 11.1 Å². The zero-order chi connectivity index (χ0) is 14.1. The van der Waals surface area contributed by atoms with Gasteiger partial charge >= 0.3 is 0 Å². The molecule has 3 rings (SSSR count). The Balaban J connectivity index is 2.08. The minimum absolute atomic E-state index is 0.0232. The van der Waals surface area contributed by atoms with E-state index in [1.165, 1.54) is 0 Å². The van der Waals surface area contributed by atoms with Crippen LogP contribution < -0.4 is 5.73 Å². The lowest BCUT2D eigenvalue weighted by molar-refractivity contribution is 0.0652. The number of nitrogens with zero attached hydrogens (tertiary/aromatic N) is 2. The first-order valence-corrected chi connectivity index (χ1v) is 6.71. The van der Waals surface area contributed by atoms with Crippen molar-refractivity contribution >= 4 is 11.7 Å². The van der Waals surface area contributed by atoms with Gasteiger partial charge in [-0.2, -0.15) is 0 Å². The van der Waals surface area contributed by atoms with Gasteiger partial charge in [0.1, 0.15) is 5.82 Å². The van der Waals surface area contributed by atoms with Crippen molar-refractivity contribution < 1.29 is 4.79 Å². The lowest BCUT2D eigenvalue weighted by Crippen LogP contribution is -2.42. The maximum Gasteiger partial charge on any atom is 0.257 e. The number of nitrogen functional groups attached to an aromatic ring is 1. The number of rotatable bonds is 2. The van der Waals surface area contributed by atoms with Gasteiger partial charge in [-0.1, -0.05) is 30.3 Å². The van der Waals surface area contributed by atoms with E-state index in [1.54, 1.807) is 4.90 Å². The van der Waals surface area contributed by atoms with E-state index in [9.17, 15) is 4.79 Å². The molecule has 4 nitrogen and oxygen atoms in total. The van der Waals surface area contributed by atoms with Crippen LogP contribution in [0.1, 0.15) is 22.3 Å². The molecule has 0 spiro atoms. The van der Waals surface area contributed by atoms with Gasteiger partial charge in [-0.25, -0.2) is 4.98 Å². The van der Waals surface area contributed by atoms with Crippen LogP contribution in [0.4, 0.5) is 5.82 Å². The van der Waals surface area contributed by atoms with E-state index >= 15 is 0 Å². The van der Waals surface area contributed by atoms with Crippen LogP contribution in [-0.2, 0) is 0 Å². The summed E-state index contributed by atoms with van der Waals surface area (Å²) in [5, 5.41) is 0. The van der Waals surface area contributed by atoms with Crippen LogP contribution in [0.5, 0.6) is 0 Å². The molecule has 1 aliphatic heterocycles. The summed E-state index contributed by atoms with van der Waals surface area (Å²) in [6.45, 7) is 3.51. The lowest BCUT2D eigenvalue weighted by atomic mass is 9.97. The molecule has 1 aromatic carbocycles. The van der Waals surface area contributed by atoms with Crippen LogP contribution in [0.25, 0.3) is 11.1 Å². The fourth-order valence-corrected chi connectivity index (χ4v) is 2.41. The molecule has 4 heteroatoms. The molecular weight excluding hydrogens is 250 g/mol. The van der Waals surface area contributed by atoms with Gasteiger partial charge in [-0.3, -0.25) is 4.79 Å². The molecule has 1 amide bonds. The molecule has 2 aromatic rings. The highest BCUT2D eigenvalue weighted by atomic mass is 16.2. The first kappa shape index (κ1) is 12.7. The monoisotopic (exact) mass is 266 g/mol. The predicted molar refractivity (Wildman–Crippen MR) is 78.2 cm³/mol. The van der Waals surface area contributed by atoms with Crippen molar-refractivity contribution in [3.63, 3.8) is 0 Å². The molecule has 0 aliphatic carbocycles. The van der Waals surface area contributed by atoms with Crippen molar-refractivity contribution in [2.45, 2.75) is 13.3 Å². The Labute approximate surface area is 118 Å². The maximum atomic E-state index is 12.4. The fraction of sp³-hybridized carbons (Fsp3) is 0.250. The highest BCUT2D eigenvalue weighted by molar-refractivity contribution is 6.01. The largest absolute Gasteiger partial charge is 0.383 e. The molecule has 1 aliphatic rings. The average molecular weight is 266 g/mol. The highest BCUT2D eigenvalue weighted by Gasteiger charge is 2.26. The van der Waals surface area contributed by atoms with E-state index in [-0.39, 0.29) is 11.7 Å². The van der Waals surface area contributed by atoms with E-state index < -0.39 is 0 Å². The second-order valence-corrected chi connectivity index (χ2v) is 5.00. The van der Waals surface area contributed by atoms with Crippen molar-refractivity contribution in [3.05, 3.63) is 47.7 Å². The van der Waals surface area contributed by atoms with Crippen molar-refractivity contribution in [1.29, 1.82) is 0 Å². The first-order valence-electron chi connectivity index (χ1n) is 6.71. The summed E-state index contributed by atoms with van der Waals surface area (Å²) in [5.74, 6) is 0.240. The molecule has 2 heterocycles. The Hall–Kier alpha value is -2.36. The van der Waals surface area contributed by atoms with E-state index in [2.05, 4.69) is 11.2 Å². The number of hydrogen-bond donors (Lipinski definition) is 1. The summed E-state index contributed by atoms with van der Waals surface area (Å²) in [4.78, 5) is 18.3.